The zero-order valence-electron chi connectivity index (χ0n) is 13.3. The second-order valence-corrected chi connectivity index (χ2v) is 6.32. The molecule has 2 aromatic heterocycles. The Morgan fingerprint density at radius 2 is 2.25 bits per heavy atom. The summed E-state index contributed by atoms with van der Waals surface area (Å²) in [6.07, 6.45) is 4.91. The number of carbonyl (C=O) groups excluding carboxylic acids is 1. The third kappa shape index (κ3) is 3.25. The van der Waals surface area contributed by atoms with Crippen molar-refractivity contribution < 1.29 is 9.90 Å². The second-order valence-electron chi connectivity index (χ2n) is 5.89. The van der Waals surface area contributed by atoms with E-state index in [1.54, 1.807) is 55.4 Å². The van der Waals surface area contributed by atoms with Crippen molar-refractivity contribution in [1.82, 2.24) is 20.1 Å². The summed E-state index contributed by atoms with van der Waals surface area (Å²) < 4.78 is 1.60. The van der Waals surface area contributed by atoms with Gasteiger partial charge in [0.15, 0.2) is 0 Å². The molecule has 1 amide bonds. The van der Waals surface area contributed by atoms with Gasteiger partial charge in [0, 0.05) is 35.4 Å². The first-order valence-electron chi connectivity index (χ1n) is 7.41. The predicted molar refractivity (Wildman–Crippen MR) is 91.9 cm³/mol. The van der Waals surface area contributed by atoms with Crippen molar-refractivity contribution in [3.8, 4) is 0 Å². The minimum Gasteiger partial charge on any atom is -0.383 e. The van der Waals surface area contributed by atoms with Crippen LogP contribution in [0.4, 0.5) is 0 Å². The second kappa shape index (κ2) is 6.22. The van der Waals surface area contributed by atoms with E-state index < -0.39 is 5.60 Å². The first-order valence-corrected chi connectivity index (χ1v) is 7.78. The van der Waals surface area contributed by atoms with Gasteiger partial charge in [0.25, 0.3) is 5.91 Å². The molecule has 3 aromatic rings. The van der Waals surface area contributed by atoms with Crippen molar-refractivity contribution in [2.24, 2.45) is 7.05 Å². The smallest absolute Gasteiger partial charge is 0.253 e. The van der Waals surface area contributed by atoms with Gasteiger partial charge in [-0.05, 0) is 25.1 Å². The summed E-state index contributed by atoms with van der Waals surface area (Å²) in [6.45, 7) is 1.66. The van der Waals surface area contributed by atoms with Crippen molar-refractivity contribution in [2.45, 2.75) is 12.5 Å². The maximum absolute atomic E-state index is 12.6. The number of fused-ring (bicyclic) bond motifs is 1. The fourth-order valence-corrected chi connectivity index (χ4v) is 2.70. The van der Waals surface area contributed by atoms with E-state index in [1.165, 1.54) is 0 Å². The maximum atomic E-state index is 12.6. The molecule has 2 N–H and O–H groups in total. The van der Waals surface area contributed by atoms with E-state index in [0.29, 0.717) is 21.7 Å². The third-order valence-corrected chi connectivity index (χ3v) is 4.05. The number of halogens is 1. The number of pyridine rings is 1. The van der Waals surface area contributed by atoms with Crippen LogP contribution in [-0.2, 0) is 12.6 Å². The minimum absolute atomic E-state index is 0.0400. The van der Waals surface area contributed by atoms with Crippen LogP contribution in [0.3, 0.4) is 0 Å². The lowest BCUT2D eigenvalue weighted by Gasteiger charge is -2.22. The Morgan fingerprint density at radius 3 is 2.96 bits per heavy atom. The van der Waals surface area contributed by atoms with Gasteiger partial charge < -0.3 is 10.4 Å². The lowest BCUT2D eigenvalue weighted by molar-refractivity contribution is 0.0526. The Hall–Kier alpha value is -2.44. The SMILES string of the molecule is Cn1cc(C(C)(O)CNC(=O)c2cc(Cl)cc3cccnc23)cn1. The predicted octanol–water partition coefficient (Wildman–Crippen LogP) is 2.26. The molecule has 0 spiro atoms. The molecule has 0 aliphatic carbocycles. The summed E-state index contributed by atoms with van der Waals surface area (Å²) in [7, 11) is 1.77. The van der Waals surface area contributed by atoms with Crippen LogP contribution in [0, 0.1) is 0 Å². The van der Waals surface area contributed by atoms with Crippen LogP contribution in [0.1, 0.15) is 22.8 Å². The minimum atomic E-state index is -1.23. The zero-order chi connectivity index (χ0) is 17.3. The zero-order valence-corrected chi connectivity index (χ0v) is 14.1. The number of aromatic nitrogens is 3. The molecular weight excluding hydrogens is 328 g/mol. The number of amides is 1. The fraction of sp³-hybridized carbons (Fsp3) is 0.235. The van der Waals surface area contributed by atoms with Crippen molar-refractivity contribution in [1.29, 1.82) is 0 Å². The van der Waals surface area contributed by atoms with E-state index in [-0.39, 0.29) is 12.5 Å². The standard InChI is InChI=1S/C17H17ClN4O2/c1-17(24,12-8-21-22(2)9-12)10-20-16(23)14-7-13(18)6-11-4-3-5-19-15(11)14/h3-9,24H,10H2,1-2H3,(H,20,23). The molecule has 1 unspecified atom stereocenters. The van der Waals surface area contributed by atoms with E-state index in [0.717, 1.165) is 5.39 Å². The molecule has 3 rings (SSSR count). The van der Waals surface area contributed by atoms with E-state index >= 15 is 0 Å². The van der Waals surface area contributed by atoms with Gasteiger partial charge in [-0.15, -0.1) is 0 Å². The average molecular weight is 345 g/mol. The summed E-state index contributed by atoms with van der Waals surface area (Å²) in [4.78, 5) is 16.8. The van der Waals surface area contributed by atoms with Crippen molar-refractivity contribution in [3.63, 3.8) is 0 Å². The summed E-state index contributed by atoms with van der Waals surface area (Å²) in [5.74, 6) is -0.342. The first kappa shape index (κ1) is 16.4. The molecule has 0 aliphatic heterocycles. The van der Waals surface area contributed by atoms with Crippen molar-refractivity contribution in [2.75, 3.05) is 6.54 Å². The maximum Gasteiger partial charge on any atom is 0.253 e. The summed E-state index contributed by atoms with van der Waals surface area (Å²) in [5, 5.41) is 18.6. The number of hydrogen-bond acceptors (Lipinski definition) is 4. The van der Waals surface area contributed by atoms with Crippen LogP contribution in [0.25, 0.3) is 10.9 Å². The van der Waals surface area contributed by atoms with E-state index in [2.05, 4.69) is 15.4 Å². The van der Waals surface area contributed by atoms with E-state index in [1.807, 2.05) is 6.07 Å². The van der Waals surface area contributed by atoms with E-state index in [4.69, 9.17) is 11.6 Å². The summed E-state index contributed by atoms with van der Waals surface area (Å²) >= 11 is 6.09. The Bertz CT molecular complexity index is 904. The third-order valence-electron chi connectivity index (χ3n) is 3.83. The van der Waals surface area contributed by atoms with Crippen LogP contribution in [0.2, 0.25) is 5.02 Å². The number of rotatable bonds is 4. The monoisotopic (exact) mass is 344 g/mol. The number of hydrogen-bond donors (Lipinski definition) is 2. The Balaban J connectivity index is 1.83. The van der Waals surface area contributed by atoms with Crippen LogP contribution in [0.5, 0.6) is 0 Å². The lowest BCUT2D eigenvalue weighted by Crippen LogP contribution is -2.38. The number of nitrogens with one attached hydrogen (secondary N) is 1. The summed E-state index contributed by atoms with van der Waals surface area (Å²) in [5.41, 5.74) is 0.339. The topological polar surface area (TPSA) is 80.0 Å². The highest BCUT2D eigenvalue weighted by molar-refractivity contribution is 6.32. The van der Waals surface area contributed by atoms with Gasteiger partial charge in [-0.3, -0.25) is 14.5 Å². The largest absolute Gasteiger partial charge is 0.383 e. The van der Waals surface area contributed by atoms with E-state index in [9.17, 15) is 9.90 Å². The molecule has 2 heterocycles. The number of aryl methyl sites for hydroxylation is 1. The van der Waals surface area contributed by atoms with Gasteiger partial charge in [-0.1, -0.05) is 17.7 Å². The number of carbonyl (C=O) groups is 1. The van der Waals surface area contributed by atoms with Crippen LogP contribution in [-0.4, -0.2) is 32.3 Å². The number of benzene rings is 1. The number of aliphatic hydroxyl groups is 1. The Kier molecular flexibility index (Phi) is 4.26. The van der Waals surface area contributed by atoms with Crippen LogP contribution in [0.15, 0.2) is 42.9 Å². The van der Waals surface area contributed by atoms with Crippen molar-refractivity contribution in [3.05, 3.63) is 59.0 Å². The molecule has 0 fully saturated rings. The van der Waals surface area contributed by atoms with Crippen molar-refractivity contribution >= 4 is 28.4 Å². The highest BCUT2D eigenvalue weighted by Gasteiger charge is 2.26. The quantitative estimate of drug-likeness (QED) is 0.760. The first-order chi connectivity index (χ1) is 11.4. The molecule has 124 valence electrons. The molecule has 24 heavy (non-hydrogen) atoms. The molecule has 6 nitrogen and oxygen atoms in total. The molecule has 0 radical (unpaired) electrons. The fourth-order valence-electron chi connectivity index (χ4n) is 2.48. The van der Waals surface area contributed by atoms with Gasteiger partial charge in [0.2, 0.25) is 0 Å². The van der Waals surface area contributed by atoms with Gasteiger partial charge in [0.05, 0.1) is 23.8 Å². The molecular formula is C17H17ClN4O2. The average Bonchev–Trinajstić information content (AvgIpc) is 2.99. The molecule has 1 atom stereocenters. The Labute approximate surface area is 144 Å². The molecule has 1 aromatic carbocycles. The van der Waals surface area contributed by atoms with Gasteiger partial charge in [-0.2, -0.15) is 5.10 Å². The van der Waals surface area contributed by atoms with Gasteiger partial charge >= 0.3 is 0 Å². The molecule has 7 heteroatoms. The van der Waals surface area contributed by atoms with Crippen LogP contribution >= 0.6 is 11.6 Å². The Morgan fingerprint density at radius 1 is 1.46 bits per heavy atom. The summed E-state index contributed by atoms with van der Waals surface area (Å²) in [6, 6.07) is 6.96. The lowest BCUT2D eigenvalue weighted by atomic mass is 9.99. The van der Waals surface area contributed by atoms with Gasteiger partial charge in [0.1, 0.15) is 5.60 Å². The van der Waals surface area contributed by atoms with Crippen LogP contribution < -0.4 is 5.32 Å². The number of nitrogens with zero attached hydrogens (tertiary/aromatic N) is 3. The highest BCUT2D eigenvalue weighted by Crippen LogP contribution is 2.23. The highest BCUT2D eigenvalue weighted by atomic mass is 35.5. The molecule has 0 saturated carbocycles. The molecule has 0 bridgehead atoms. The normalized spacial score (nSPS) is 13.7. The molecule has 0 aliphatic rings. The molecule has 0 saturated heterocycles. The van der Waals surface area contributed by atoms with Gasteiger partial charge in [-0.25, -0.2) is 0 Å².